The van der Waals surface area contributed by atoms with Gasteiger partial charge in [-0.1, -0.05) is 6.07 Å². The first kappa shape index (κ1) is 13.1. The summed E-state index contributed by atoms with van der Waals surface area (Å²) in [4.78, 5) is 0. The number of halogens is 2. The maximum absolute atomic E-state index is 13.0. The van der Waals surface area contributed by atoms with Crippen LogP contribution in [0.15, 0.2) is 36.4 Å². The molecule has 0 aliphatic carbocycles. The van der Waals surface area contributed by atoms with Gasteiger partial charge in [0.1, 0.15) is 6.61 Å². The van der Waals surface area contributed by atoms with Crippen molar-refractivity contribution >= 4 is 5.69 Å². The largest absolute Gasteiger partial charge is 0.493 e. The van der Waals surface area contributed by atoms with Gasteiger partial charge in [-0.05, 0) is 29.8 Å². The predicted molar refractivity (Wildman–Crippen MR) is 68.1 cm³/mol. The van der Waals surface area contributed by atoms with Crippen LogP contribution in [0, 0.1) is 11.6 Å². The van der Waals surface area contributed by atoms with Crippen LogP contribution in [0.1, 0.15) is 5.56 Å². The first-order valence-electron chi connectivity index (χ1n) is 5.60. The van der Waals surface area contributed by atoms with E-state index < -0.39 is 11.6 Å². The summed E-state index contributed by atoms with van der Waals surface area (Å²) < 4.78 is 36.4. The number of nitrogens with two attached hydrogens (primary N) is 1. The highest BCUT2D eigenvalue weighted by Crippen LogP contribution is 2.29. The SMILES string of the molecule is COc1ccc(N)cc1OCc1ccc(F)c(F)c1. The summed E-state index contributed by atoms with van der Waals surface area (Å²) in [5.41, 5.74) is 6.70. The zero-order valence-electron chi connectivity index (χ0n) is 10.3. The minimum atomic E-state index is -0.902. The zero-order chi connectivity index (χ0) is 13.8. The molecule has 2 aromatic rings. The molecule has 0 bridgehead atoms. The van der Waals surface area contributed by atoms with Gasteiger partial charge in [-0.15, -0.1) is 0 Å². The number of nitrogen functional groups attached to an aromatic ring is 1. The number of hydrogen-bond acceptors (Lipinski definition) is 3. The molecule has 0 saturated carbocycles. The molecule has 0 heterocycles. The standard InChI is InChI=1S/C14H13F2NO2/c1-18-13-5-3-10(17)7-14(13)19-8-9-2-4-11(15)12(16)6-9/h2-7H,8,17H2,1H3. The molecule has 3 nitrogen and oxygen atoms in total. The van der Waals surface area contributed by atoms with Crippen LogP contribution in [0.4, 0.5) is 14.5 Å². The molecule has 0 aliphatic heterocycles. The third kappa shape index (κ3) is 3.13. The van der Waals surface area contributed by atoms with Crippen molar-refractivity contribution in [2.75, 3.05) is 12.8 Å². The molecule has 0 unspecified atom stereocenters. The molecular formula is C14H13F2NO2. The van der Waals surface area contributed by atoms with Crippen molar-refractivity contribution in [3.8, 4) is 11.5 Å². The molecule has 0 spiro atoms. The normalized spacial score (nSPS) is 10.3. The molecule has 2 N–H and O–H groups in total. The van der Waals surface area contributed by atoms with E-state index in [0.717, 1.165) is 12.1 Å². The molecule has 100 valence electrons. The summed E-state index contributed by atoms with van der Waals surface area (Å²) >= 11 is 0. The van der Waals surface area contributed by atoms with Crippen LogP contribution >= 0.6 is 0 Å². The highest BCUT2D eigenvalue weighted by atomic mass is 19.2. The molecule has 2 aromatic carbocycles. The fourth-order valence-corrected chi connectivity index (χ4v) is 1.60. The van der Waals surface area contributed by atoms with Crippen LogP contribution < -0.4 is 15.2 Å². The van der Waals surface area contributed by atoms with Crippen molar-refractivity contribution in [2.45, 2.75) is 6.61 Å². The van der Waals surface area contributed by atoms with Crippen LogP contribution in [0.2, 0.25) is 0 Å². The van der Waals surface area contributed by atoms with Gasteiger partial charge in [0.25, 0.3) is 0 Å². The van der Waals surface area contributed by atoms with E-state index in [1.807, 2.05) is 0 Å². The summed E-state index contributed by atoms with van der Waals surface area (Å²) in [6, 6.07) is 8.58. The summed E-state index contributed by atoms with van der Waals surface area (Å²) in [5, 5.41) is 0. The average Bonchev–Trinajstić information content (AvgIpc) is 2.40. The van der Waals surface area contributed by atoms with Gasteiger partial charge in [-0.25, -0.2) is 8.78 Å². The Morgan fingerprint density at radius 2 is 1.79 bits per heavy atom. The van der Waals surface area contributed by atoms with E-state index in [2.05, 4.69) is 0 Å². The van der Waals surface area contributed by atoms with Crippen LogP contribution in [0.5, 0.6) is 11.5 Å². The minimum Gasteiger partial charge on any atom is -0.493 e. The summed E-state index contributed by atoms with van der Waals surface area (Å²) in [5.74, 6) is -0.810. The van der Waals surface area contributed by atoms with E-state index >= 15 is 0 Å². The molecule has 0 atom stereocenters. The summed E-state index contributed by atoms with van der Waals surface area (Å²) in [7, 11) is 1.51. The van der Waals surface area contributed by atoms with Crippen molar-refractivity contribution in [3.63, 3.8) is 0 Å². The van der Waals surface area contributed by atoms with Gasteiger partial charge < -0.3 is 15.2 Å². The fraction of sp³-hybridized carbons (Fsp3) is 0.143. The molecule has 0 aromatic heterocycles. The van der Waals surface area contributed by atoms with Gasteiger partial charge in [-0.3, -0.25) is 0 Å². The van der Waals surface area contributed by atoms with Crippen LogP contribution in [-0.2, 0) is 6.61 Å². The van der Waals surface area contributed by atoms with Gasteiger partial charge in [0, 0.05) is 11.8 Å². The lowest BCUT2D eigenvalue weighted by atomic mass is 10.2. The van der Waals surface area contributed by atoms with Gasteiger partial charge in [0.15, 0.2) is 23.1 Å². The fourth-order valence-electron chi connectivity index (χ4n) is 1.60. The Hall–Kier alpha value is -2.30. The highest BCUT2D eigenvalue weighted by Gasteiger charge is 2.07. The molecular weight excluding hydrogens is 252 g/mol. The lowest BCUT2D eigenvalue weighted by molar-refractivity contribution is 0.284. The Morgan fingerprint density at radius 1 is 1.00 bits per heavy atom. The molecule has 0 amide bonds. The lowest BCUT2D eigenvalue weighted by Crippen LogP contribution is -1.99. The number of methoxy groups -OCH3 is 1. The van der Waals surface area contributed by atoms with E-state index in [0.29, 0.717) is 22.7 Å². The third-order valence-electron chi connectivity index (χ3n) is 2.57. The molecule has 2 rings (SSSR count). The quantitative estimate of drug-likeness (QED) is 0.864. The Balaban J connectivity index is 2.13. The van der Waals surface area contributed by atoms with E-state index in [-0.39, 0.29) is 6.61 Å². The molecule has 0 fully saturated rings. The Morgan fingerprint density at radius 3 is 2.47 bits per heavy atom. The number of ether oxygens (including phenoxy) is 2. The van der Waals surface area contributed by atoms with E-state index in [9.17, 15) is 8.78 Å². The van der Waals surface area contributed by atoms with Crippen molar-refractivity contribution < 1.29 is 18.3 Å². The second-order valence-electron chi connectivity index (χ2n) is 3.95. The first-order valence-corrected chi connectivity index (χ1v) is 5.60. The van der Waals surface area contributed by atoms with E-state index in [4.69, 9.17) is 15.2 Å². The molecule has 0 radical (unpaired) electrons. The second kappa shape index (κ2) is 5.56. The zero-order valence-corrected chi connectivity index (χ0v) is 10.3. The van der Waals surface area contributed by atoms with Crippen molar-refractivity contribution in [3.05, 3.63) is 53.6 Å². The van der Waals surface area contributed by atoms with Gasteiger partial charge in [0.05, 0.1) is 7.11 Å². The number of anilines is 1. The highest BCUT2D eigenvalue weighted by molar-refractivity contribution is 5.51. The van der Waals surface area contributed by atoms with Crippen molar-refractivity contribution in [1.82, 2.24) is 0 Å². The predicted octanol–water partition coefficient (Wildman–Crippen LogP) is 3.13. The smallest absolute Gasteiger partial charge is 0.163 e. The van der Waals surface area contributed by atoms with Crippen LogP contribution in [-0.4, -0.2) is 7.11 Å². The molecule has 19 heavy (non-hydrogen) atoms. The maximum atomic E-state index is 13.0. The van der Waals surface area contributed by atoms with Gasteiger partial charge in [0.2, 0.25) is 0 Å². The monoisotopic (exact) mass is 265 g/mol. The van der Waals surface area contributed by atoms with Gasteiger partial charge >= 0.3 is 0 Å². The van der Waals surface area contributed by atoms with E-state index in [1.165, 1.54) is 13.2 Å². The topological polar surface area (TPSA) is 44.5 Å². The van der Waals surface area contributed by atoms with Crippen molar-refractivity contribution in [2.24, 2.45) is 0 Å². The first-order chi connectivity index (χ1) is 9.10. The molecule has 0 saturated heterocycles. The van der Waals surface area contributed by atoms with Crippen LogP contribution in [0.25, 0.3) is 0 Å². The summed E-state index contributed by atoms with van der Waals surface area (Å²) in [6.45, 7) is 0.0943. The molecule has 5 heteroatoms. The van der Waals surface area contributed by atoms with Gasteiger partial charge in [-0.2, -0.15) is 0 Å². The minimum absolute atomic E-state index is 0.0943. The summed E-state index contributed by atoms with van der Waals surface area (Å²) in [6.07, 6.45) is 0. The number of benzene rings is 2. The lowest BCUT2D eigenvalue weighted by Gasteiger charge is -2.11. The Labute approximate surface area is 109 Å². The maximum Gasteiger partial charge on any atom is 0.163 e. The number of hydrogen-bond donors (Lipinski definition) is 1. The van der Waals surface area contributed by atoms with Crippen molar-refractivity contribution in [1.29, 1.82) is 0 Å². The van der Waals surface area contributed by atoms with Crippen LogP contribution in [0.3, 0.4) is 0 Å². The molecule has 0 aliphatic rings. The Kier molecular flexibility index (Phi) is 3.85. The average molecular weight is 265 g/mol. The number of rotatable bonds is 4. The van der Waals surface area contributed by atoms with E-state index in [1.54, 1.807) is 18.2 Å². The Bertz CT molecular complexity index is 588. The third-order valence-corrected chi connectivity index (χ3v) is 2.57. The second-order valence-corrected chi connectivity index (χ2v) is 3.95.